The Morgan fingerprint density at radius 2 is 2.21 bits per heavy atom. The average Bonchev–Trinajstić information content (AvgIpc) is 2.88. The fourth-order valence-electron chi connectivity index (χ4n) is 1.48. The highest BCUT2D eigenvalue weighted by Gasteiger charge is 2.24. The third-order valence-corrected chi connectivity index (χ3v) is 5.47. The number of sulfonamides is 1. The second-order valence-corrected chi connectivity index (χ2v) is 7.03. The van der Waals surface area contributed by atoms with Gasteiger partial charge in [0.15, 0.2) is 0 Å². The Morgan fingerprint density at radius 1 is 1.53 bits per heavy atom. The molecule has 1 atom stereocenters. The van der Waals surface area contributed by atoms with Crippen LogP contribution in [0, 0.1) is 0 Å². The first-order chi connectivity index (χ1) is 8.88. The second-order valence-electron chi connectivity index (χ2n) is 4.14. The van der Waals surface area contributed by atoms with Crippen LogP contribution in [-0.2, 0) is 14.8 Å². The van der Waals surface area contributed by atoms with Crippen LogP contribution < -0.4 is 10.0 Å². The van der Waals surface area contributed by atoms with Crippen LogP contribution in [0.4, 0.5) is 0 Å². The third kappa shape index (κ3) is 4.57. The molecule has 1 amide bonds. The number of thiophene rings is 1. The molecule has 1 unspecified atom stereocenters. The predicted octanol–water partition coefficient (Wildman–Crippen LogP) is 0.0927. The van der Waals surface area contributed by atoms with E-state index in [-0.39, 0.29) is 10.1 Å². The molecule has 8 heteroatoms. The highest BCUT2D eigenvalue weighted by atomic mass is 32.2. The molecule has 0 radical (unpaired) electrons. The molecule has 0 saturated carbocycles. The van der Waals surface area contributed by atoms with Gasteiger partial charge in [0.2, 0.25) is 5.91 Å². The topological polar surface area (TPSA) is 78.5 Å². The number of nitrogens with one attached hydrogen (secondary N) is 2. The fraction of sp³-hybridized carbons (Fsp3) is 0.545. The Labute approximate surface area is 117 Å². The standard InChI is InChI=1S/C11H19N3O3S2/c1-9(11(15)14(3)7-6-12-2)13-19(16,17)10-5-4-8-18-10/h4-5,8-9,12-13H,6-7H2,1-3H3. The summed E-state index contributed by atoms with van der Waals surface area (Å²) in [6.07, 6.45) is 0. The number of carbonyl (C=O) groups excluding carboxylic acids is 1. The predicted molar refractivity (Wildman–Crippen MR) is 75.7 cm³/mol. The molecule has 108 valence electrons. The van der Waals surface area contributed by atoms with Gasteiger partial charge in [0.25, 0.3) is 10.0 Å². The molecule has 1 aromatic rings. The summed E-state index contributed by atoms with van der Waals surface area (Å²) in [5.74, 6) is -0.254. The zero-order valence-corrected chi connectivity index (χ0v) is 12.8. The molecule has 0 fully saturated rings. The van der Waals surface area contributed by atoms with Crippen molar-refractivity contribution in [2.75, 3.05) is 27.2 Å². The Bertz CT molecular complexity index is 499. The Hall–Kier alpha value is -0.960. The van der Waals surface area contributed by atoms with Crippen molar-refractivity contribution in [1.82, 2.24) is 14.9 Å². The summed E-state index contributed by atoms with van der Waals surface area (Å²) in [4.78, 5) is 13.5. The van der Waals surface area contributed by atoms with E-state index in [1.807, 2.05) is 0 Å². The van der Waals surface area contributed by atoms with Crippen molar-refractivity contribution in [3.05, 3.63) is 17.5 Å². The monoisotopic (exact) mass is 305 g/mol. The number of nitrogens with zero attached hydrogens (tertiary/aromatic N) is 1. The average molecular weight is 305 g/mol. The summed E-state index contributed by atoms with van der Waals surface area (Å²) in [5.41, 5.74) is 0. The van der Waals surface area contributed by atoms with Crippen LogP contribution in [0.3, 0.4) is 0 Å². The van der Waals surface area contributed by atoms with E-state index in [1.54, 1.807) is 32.5 Å². The third-order valence-electron chi connectivity index (χ3n) is 2.54. The highest BCUT2D eigenvalue weighted by Crippen LogP contribution is 2.15. The number of likely N-dealkylation sites (N-methyl/N-ethyl adjacent to an activating group) is 2. The summed E-state index contributed by atoms with van der Waals surface area (Å²) in [6.45, 7) is 2.73. The number of hydrogen-bond acceptors (Lipinski definition) is 5. The number of amides is 1. The second kappa shape index (κ2) is 6.99. The van der Waals surface area contributed by atoms with E-state index < -0.39 is 16.1 Å². The van der Waals surface area contributed by atoms with Gasteiger partial charge in [-0.1, -0.05) is 6.07 Å². The van der Waals surface area contributed by atoms with Crippen molar-refractivity contribution in [3.8, 4) is 0 Å². The molecule has 0 aromatic carbocycles. The zero-order valence-electron chi connectivity index (χ0n) is 11.2. The van der Waals surface area contributed by atoms with E-state index in [9.17, 15) is 13.2 Å². The van der Waals surface area contributed by atoms with E-state index in [0.29, 0.717) is 13.1 Å². The molecule has 6 nitrogen and oxygen atoms in total. The minimum absolute atomic E-state index is 0.213. The lowest BCUT2D eigenvalue weighted by Gasteiger charge is -2.21. The van der Waals surface area contributed by atoms with Crippen LogP contribution in [0.1, 0.15) is 6.92 Å². The van der Waals surface area contributed by atoms with Crippen LogP contribution in [0.2, 0.25) is 0 Å². The van der Waals surface area contributed by atoms with E-state index in [0.717, 1.165) is 11.3 Å². The van der Waals surface area contributed by atoms with Crippen LogP contribution in [0.5, 0.6) is 0 Å². The summed E-state index contributed by atoms with van der Waals surface area (Å²) in [7, 11) is -0.169. The van der Waals surface area contributed by atoms with Crippen molar-refractivity contribution < 1.29 is 13.2 Å². The van der Waals surface area contributed by atoms with Gasteiger partial charge >= 0.3 is 0 Å². The first kappa shape index (κ1) is 16.1. The molecule has 2 N–H and O–H groups in total. The quantitative estimate of drug-likeness (QED) is 0.748. The molecule has 19 heavy (non-hydrogen) atoms. The lowest BCUT2D eigenvalue weighted by Crippen LogP contribution is -2.46. The van der Waals surface area contributed by atoms with Crippen molar-refractivity contribution in [3.63, 3.8) is 0 Å². The van der Waals surface area contributed by atoms with Gasteiger partial charge < -0.3 is 10.2 Å². The summed E-state index contributed by atoms with van der Waals surface area (Å²) < 4.78 is 26.5. The summed E-state index contributed by atoms with van der Waals surface area (Å²) in [6, 6.07) is 2.38. The van der Waals surface area contributed by atoms with Gasteiger partial charge in [-0.05, 0) is 25.4 Å². The van der Waals surface area contributed by atoms with Crippen molar-refractivity contribution in [1.29, 1.82) is 0 Å². The molecule has 0 bridgehead atoms. The molecule has 0 aliphatic carbocycles. The Balaban J connectivity index is 2.64. The Morgan fingerprint density at radius 3 is 2.74 bits per heavy atom. The minimum Gasteiger partial charge on any atom is -0.343 e. The van der Waals surface area contributed by atoms with Crippen molar-refractivity contribution in [2.24, 2.45) is 0 Å². The van der Waals surface area contributed by atoms with Crippen molar-refractivity contribution >= 4 is 27.3 Å². The maximum atomic E-state index is 12.0. The fourth-order valence-corrected chi connectivity index (χ4v) is 3.68. The maximum absolute atomic E-state index is 12.0. The van der Waals surface area contributed by atoms with Gasteiger partial charge in [0, 0.05) is 20.1 Å². The van der Waals surface area contributed by atoms with Gasteiger partial charge in [-0.25, -0.2) is 8.42 Å². The van der Waals surface area contributed by atoms with Gasteiger partial charge in [-0.2, -0.15) is 4.72 Å². The van der Waals surface area contributed by atoms with Gasteiger partial charge in [-0.15, -0.1) is 11.3 Å². The van der Waals surface area contributed by atoms with E-state index in [1.165, 1.54) is 11.0 Å². The summed E-state index contributed by atoms with van der Waals surface area (Å²) >= 11 is 1.12. The van der Waals surface area contributed by atoms with Gasteiger partial charge in [0.1, 0.15) is 4.21 Å². The molecular weight excluding hydrogens is 286 g/mol. The van der Waals surface area contributed by atoms with E-state index in [2.05, 4.69) is 10.0 Å². The van der Waals surface area contributed by atoms with E-state index in [4.69, 9.17) is 0 Å². The number of carbonyl (C=O) groups is 1. The normalized spacial score (nSPS) is 13.2. The molecule has 0 spiro atoms. The molecule has 1 rings (SSSR count). The van der Waals surface area contributed by atoms with Gasteiger partial charge in [0.05, 0.1) is 6.04 Å². The van der Waals surface area contributed by atoms with Crippen LogP contribution >= 0.6 is 11.3 Å². The largest absolute Gasteiger partial charge is 0.343 e. The van der Waals surface area contributed by atoms with Crippen LogP contribution in [0.15, 0.2) is 21.7 Å². The first-order valence-corrected chi connectivity index (χ1v) is 8.20. The SMILES string of the molecule is CNCCN(C)C(=O)C(C)NS(=O)(=O)c1cccs1. The lowest BCUT2D eigenvalue weighted by atomic mass is 10.3. The molecule has 0 saturated heterocycles. The smallest absolute Gasteiger partial charge is 0.250 e. The molecule has 1 heterocycles. The Kier molecular flexibility index (Phi) is 5.92. The van der Waals surface area contributed by atoms with E-state index >= 15 is 0 Å². The molecule has 0 aliphatic rings. The minimum atomic E-state index is -3.61. The number of rotatable bonds is 7. The zero-order chi connectivity index (χ0) is 14.5. The molecule has 1 aromatic heterocycles. The van der Waals surface area contributed by atoms with Crippen LogP contribution in [0.25, 0.3) is 0 Å². The van der Waals surface area contributed by atoms with Crippen molar-refractivity contribution in [2.45, 2.75) is 17.2 Å². The van der Waals surface area contributed by atoms with Crippen LogP contribution in [-0.4, -0.2) is 52.5 Å². The molecule has 0 aliphatic heterocycles. The first-order valence-electron chi connectivity index (χ1n) is 5.84. The van der Waals surface area contributed by atoms with Gasteiger partial charge in [-0.3, -0.25) is 4.79 Å². The highest BCUT2D eigenvalue weighted by molar-refractivity contribution is 7.91. The lowest BCUT2D eigenvalue weighted by molar-refractivity contribution is -0.131. The maximum Gasteiger partial charge on any atom is 0.250 e. The number of hydrogen-bond donors (Lipinski definition) is 2. The summed E-state index contributed by atoms with van der Waals surface area (Å²) in [5, 5.41) is 4.61. The molecular formula is C11H19N3O3S2.